The fourth-order valence-corrected chi connectivity index (χ4v) is 4.79. The largest absolute Gasteiger partial charge is 0.459 e. The molecule has 1 aliphatic rings. The van der Waals surface area contributed by atoms with Crippen LogP contribution in [0.4, 0.5) is 0 Å². The number of esters is 1. The standard InChI is InChI=1S/C33H50N6O7/c1-9-19(7)27-32(44)37-25(17(3)4)31(43)36-23(16-21-14-12-11-13-15-21)29(41)35-22(10-2)28(40)38-26(18(5)6)33(45)46-20(8)24(34)30(42)39-27/h10-15,17-20,23-27H,9,16,34H2,1-8H3,(H,35,41)(H,36,43)(H,37,44)(H,38,40)(H,39,42)/b22-10-/t19-,20+,23-,24+,25+,26-,27+/m0/s1. The molecule has 0 spiro atoms. The van der Waals surface area contributed by atoms with Gasteiger partial charge in [0.1, 0.15) is 42.0 Å². The third-order valence-electron chi connectivity index (χ3n) is 8.06. The van der Waals surface area contributed by atoms with Gasteiger partial charge in [0, 0.05) is 6.42 Å². The fourth-order valence-electron chi connectivity index (χ4n) is 4.79. The number of benzene rings is 1. The van der Waals surface area contributed by atoms with E-state index in [9.17, 15) is 28.8 Å². The Bertz CT molecular complexity index is 1280. The Labute approximate surface area is 271 Å². The van der Waals surface area contributed by atoms with Crippen LogP contribution in [0.3, 0.4) is 0 Å². The van der Waals surface area contributed by atoms with Gasteiger partial charge in [0.05, 0.1) is 0 Å². The van der Waals surface area contributed by atoms with Crippen molar-refractivity contribution in [3.63, 3.8) is 0 Å². The van der Waals surface area contributed by atoms with Crippen LogP contribution in [0.2, 0.25) is 0 Å². The van der Waals surface area contributed by atoms with Crippen molar-refractivity contribution in [2.45, 2.75) is 105 Å². The first kappa shape index (κ1) is 37.9. The highest BCUT2D eigenvalue weighted by Gasteiger charge is 2.37. The van der Waals surface area contributed by atoms with Crippen molar-refractivity contribution < 1.29 is 33.5 Å². The third kappa shape index (κ3) is 10.4. The van der Waals surface area contributed by atoms with Crippen LogP contribution in [0.25, 0.3) is 0 Å². The molecule has 7 atom stereocenters. The lowest BCUT2D eigenvalue weighted by molar-refractivity contribution is -0.155. The van der Waals surface area contributed by atoms with Gasteiger partial charge in [-0.1, -0.05) is 84.4 Å². The van der Waals surface area contributed by atoms with E-state index < -0.39 is 83.7 Å². The SMILES string of the molecule is C/C=C1\NC(=O)[C@H](Cc2ccccc2)NC(=O)[C@@H](C(C)C)NC(=O)[C@@H]([C@@H](C)CC)NC(=O)[C@H](N)[C@@H](C)OC(=O)[C@H](C(C)C)NC1=O. The summed E-state index contributed by atoms with van der Waals surface area (Å²) in [5, 5.41) is 13.3. The van der Waals surface area contributed by atoms with E-state index in [-0.39, 0.29) is 18.0 Å². The van der Waals surface area contributed by atoms with Gasteiger partial charge in [-0.25, -0.2) is 4.79 Å². The normalized spacial score (nSPS) is 27.8. The number of nitrogens with two attached hydrogens (primary N) is 1. The average Bonchev–Trinajstić information content (AvgIpc) is 3.01. The van der Waals surface area contributed by atoms with Crippen LogP contribution in [0.1, 0.15) is 67.4 Å². The molecule has 13 heteroatoms. The number of ether oxygens (including phenoxy) is 1. The predicted octanol–water partition coefficient (Wildman–Crippen LogP) is 0.819. The van der Waals surface area contributed by atoms with Gasteiger partial charge in [-0.05, 0) is 37.2 Å². The number of nitrogens with one attached hydrogen (secondary N) is 5. The molecule has 0 saturated carbocycles. The topological polar surface area (TPSA) is 198 Å². The molecule has 0 bridgehead atoms. The lowest BCUT2D eigenvalue weighted by atomic mass is 9.95. The van der Waals surface area contributed by atoms with Crippen LogP contribution in [-0.4, -0.2) is 71.8 Å². The number of carbonyl (C=O) groups excluding carboxylic acids is 6. The van der Waals surface area contributed by atoms with E-state index >= 15 is 0 Å². The van der Waals surface area contributed by atoms with Crippen LogP contribution >= 0.6 is 0 Å². The molecule has 0 aromatic heterocycles. The summed E-state index contributed by atoms with van der Waals surface area (Å²) in [6, 6.07) is 3.21. The zero-order valence-electron chi connectivity index (χ0n) is 28.0. The lowest BCUT2D eigenvalue weighted by Crippen LogP contribution is -2.61. The zero-order chi connectivity index (χ0) is 34.7. The Kier molecular flexibility index (Phi) is 14.4. The van der Waals surface area contributed by atoms with Gasteiger partial charge in [-0.3, -0.25) is 24.0 Å². The summed E-state index contributed by atoms with van der Waals surface area (Å²) in [5.74, 6) is -5.43. The number of rotatable bonds is 6. The summed E-state index contributed by atoms with van der Waals surface area (Å²) in [5.41, 5.74) is 6.75. The first-order chi connectivity index (χ1) is 21.6. The molecule has 1 aromatic carbocycles. The smallest absolute Gasteiger partial charge is 0.329 e. The van der Waals surface area contributed by atoms with Crippen molar-refractivity contribution in [3.05, 3.63) is 47.7 Å². The second-order valence-electron chi connectivity index (χ2n) is 12.4. The molecular formula is C33H50N6O7. The third-order valence-corrected chi connectivity index (χ3v) is 8.06. The van der Waals surface area contributed by atoms with E-state index in [2.05, 4.69) is 26.6 Å². The number of amides is 5. The minimum atomic E-state index is -1.35. The summed E-state index contributed by atoms with van der Waals surface area (Å²) in [7, 11) is 0. The highest BCUT2D eigenvalue weighted by atomic mass is 16.5. The number of hydrogen-bond donors (Lipinski definition) is 6. The molecule has 7 N–H and O–H groups in total. The molecule has 1 heterocycles. The first-order valence-corrected chi connectivity index (χ1v) is 15.8. The molecule has 0 aliphatic carbocycles. The summed E-state index contributed by atoms with van der Waals surface area (Å²) in [6.07, 6.45) is 0.841. The maximum atomic E-state index is 13.7. The van der Waals surface area contributed by atoms with E-state index in [4.69, 9.17) is 10.5 Å². The molecule has 13 nitrogen and oxygen atoms in total. The van der Waals surface area contributed by atoms with Crippen LogP contribution in [0.5, 0.6) is 0 Å². The number of allylic oxidation sites excluding steroid dienone is 1. The maximum Gasteiger partial charge on any atom is 0.329 e. The maximum absolute atomic E-state index is 13.7. The Morgan fingerprint density at radius 1 is 0.783 bits per heavy atom. The van der Waals surface area contributed by atoms with Gasteiger partial charge in [-0.15, -0.1) is 0 Å². The molecule has 0 unspecified atom stereocenters. The molecular weight excluding hydrogens is 592 g/mol. The highest BCUT2D eigenvalue weighted by Crippen LogP contribution is 2.14. The molecule has 1 aromatic rings. The summed E-state index contributed by atoms with van der Waals surface area (Å²) < 4.78 is 5.50. The number of hydrogen-bond acceptors (Lipinski definition) is 8. The van der Waals surface area contributed by atoms with Crippen LogP contribution in [-0.2, 0) is 39.9 Å². The number of cyclic esters (lactones) is 1. The van der Waals surface area contributed by atoms with Crippen molar-refractivity contribution in [2.75, 3.05) is 0 Å². The number of carbonyl (C=O) groups is 6. The first-order valence-electron chi connectivity index (χ1n) is 15.8. The second kappa shape index (κ2) is 17.4. The zero-order valence-corrected chi connectivity index (χ0v) is 28.0. The summed E-state index contributed by atoms with van der Waals surface area (Å²) in [4.78, 5) is 80.7. The quantitative estimate of drug-likeness (QED) is 0.194. The second-order valence-corrected chi connectivity index (χ2v) is 12.4. The predicted molar refractivity (Wildman–Crippen MR) is 172 cm³/mol. The summed E-state index contributed by atoms with van der Waals surface area (Å²) >= 11 is 0. The summed E-state index contributed by atoms with van der Waals surface area (Å²) in [6.45, 7) is 13.5. The monoisotopic (exact) mass is 642 g/mol. The van der Waals surface area contributed by atoms with Crippen molar-refractivity contribution in [1.29, 1.82) is 0 Å². The van der Waals surface area contributed by atoms with E-state index in [0.717, 1.165) is 5.56 Å². The van der Waals surface area contributed by atoms with Crippen LogP contribution in [0.15, 0.2) is 42.1 Å². The molecule has 1 saturated heterocycles. The lowest BCUT2D eigenvalue weighted by Gasteiger charge is -2.30. The molecule has 5 amide bonds. The van der Waals surface area contributed by atoms with E-state index in [1.54, 1.807) is 58.9 Å². The van der Waals surface area contributed by atoms with Crippen molar-refractivity contribution in [2.24, 2.45) is 23.5 Å². The Morgan fingerprint density at radius 2 is 1.35 bits per heavy atom. The molecule has 1 fully saturated rings. The van der Waals surface area contributed by atoms with Gasteiger partial charge in [0.25, 0.3) is 5.91 Å². The minimum absolute atomic E-state index is 0.0814. The van der Waals surface area contributed by atoms with Gasteiger partial charge in [0.2, 0.25) is 23.6 Å². The Balaban J connectivity index is 2.60. The van der Waals surface area contributed by atoms with Crippen LogP contribution in [0, 0.1) is 17.8 Å². The molecule has 0 radical (unpaired) electrons. The Hall–Kier alpha value is -4.26. The van der Waals surface area contributed by atoms with E-state index in [0.29, 0.717) is 6.42 Å². The van der Waals surface area contributed by atoms with Gasteiger partial charge < -0.3 is 37.1 Å². The van der Waals surface area contributed by atoms with E-state index in [1.807, 2.05) is 13.0 Å². The van der Waals surface area contributed by atoms with Gasteiger partial charge in [-0.2, -0.15) is 0 Å². The van der Waals surface area contributed by atoms with Gasteiger partial charge in [0.15, 0.2) is 0 Å². The van der Waals surface area contributed by atoms with Crippen LogP contribution < -0.4 is 32.3 Å². The molecule has 46 heavy (non-hydrogen) atoms. The molecule has 1 aliphatic heterocycles. The van der Waals surface area contributed by atoms with E-state index in [1.165, 1.54) is 19.9 Å². The van der Waals surface area contributed by atoms with Gasteiger partial charge >= 0.3 is 5.97 Å². The highest BCUT2D eigenvalue weighted by molar-refractivity contribution is 6.01. The average molecular weight is 643 g/mol. The molecule has 254 valence electrons. The van der Waals surface area contributed by atoms with Crippen molar-refractivity contribution in [1.82, 2.24) is 26.6 Å². The fraction of sp³-hybridized carbons (Fsp3) is 0.576. The minimum Gasteiger partial charge on any atom is -0.459 e. The van der Waals surface area contributed by atoms with Crippen molar-refractivity contribution >= 4 is 35.5 Å². The van der Waals surface area contributed by atoms with Crippen molar-refractivity contribution in [3.8, 4) is 0 Å². The molecule has 2 rings (SSSR count). The Morgan fingerprint density at radius 3 is 1.89 bits per heavy atom.